The lowest BCUT2D eigenvalue weighted by molar-refractivity contribution is -0.122. The number of rotatable bonds is 6. The number of imidazole rings is 1. The second kappa shape index (κ2) is 8.50. The number of halogens is 1. The Kier molecular flexibility index (Phi) is 5.65. The Bertz CT molecular complexity index is 945. The van der Waals surface area contributed by atoms with Gasteiger partial charge in [-0.2, -0.15) is 0 Å². The van der Waals surface area contributed by atoms with E-state index in [9.17, 15) is 9.18 Å². The topological polar surface area (TPSA) is 59.8 Å². The fourth-order valence-electron chi connectivity index (χ4n) is 4.02. The smallest absolute Gasteiger partial charge is 0.220 e. The molecule has 0 bridgehead atoms. The van der Waals surface area contributed by atoms with Crippen LogP contribution in [-0.4, -0.2) is 27.0 Å². The molecule has 0 saturated heterocycles. The second-order valence-corrected chi connectivity index (χ2v) is 7.50. The molecule has 2 heterocycles. The number of amides is 1. The largest absolute Gasteiger partial charge is 0.354 e. The van der Waals surface area contributed by atoms with Gasteiger partial charge in [-0.05, 0) is 55.2 Å². The summed E-state index contributed by atoms with van der Waals surface area (Å²) in [5, 5.41) is 3.05. The van der Waals surface area contributed by atoms with Crippen molar-refractivity contribution >= 4 is 17.1 Å². The monoisotopic (exact) mass is 380 g/mol. The molecule has 1 N–H and O–H groups in total. The highest BCUT2D eigenvalue weighted by Gasteiger charge is 2.17. The molecular formula is C22H25FN4O. The summed E-state index contributed by atoms with van der Waals surface area (Å²) in [6, 6.07) is 10.0. The zero-order chi connectivity index (χ0) is 19.3. The van der Waals surface area contributed by atoms with Gasteiger partial charge >= 0.3 is 0 Å². The molecule has 1 fully saturated rings. The van der Waals surface area contributed by atoms with Crippen molar-refractivity contribution in [1.82, 2.24) is 19.9 Å². The van der Waals surface area contributed by atoms with Gasteiger partial charge in [0, 0.05) is 31.3 Å². The summed E-state index contributed by atoms with van der Waals surface area (Å²) < 4.78 is 15.3. The molecule has 0 atom stereocenters. The van der Waals surface area contributed by atoms with E-state index in [0.29, 0.717) is 25.4 Å². The van der Waals surface area contributed by atoms with Gasteiger partial charge in [0.2, 0.25) is 5.91 Å². The van der Waals surface area contributed by atoms with Crippen LogP contribution >= 0.6 is 0 Å². The van der Waals surface area contributed by atoms with Gasteiger partial charge in [0.05, 0.1) is 0 Å². The van der Waals surface area contributed by atoms with E-state index in [1.165, 1.54) is 31.4 Å². The maximum Gasteiger partial charge on any atom is 0.220 e. The molecule has 1 aromatic carbocycles. The lowest BCUT2D eigenvalue weighted by Gasteiger charge is -2.20. The maximum absolute atomic E-state index is 13.3. The molecule has 1 amide bonds. The van der Waals surface area contributed by atoms with Gasteiger partial charge in [-0.1, -0.05) is 19.3 Å². The highest BCUT2D eigenvalue weighted by atomic mass is 19.1. The molecule has 146 valence electrons. The molecule has 5 nitrogen and oxygen atoms in total. The zero-order valence-electron chi connectivity index (χ0n) is 15.9. The standard InChI is InChI=1S/C22H25FN4O/c23-18-10-8-17(9-11-18)21-26-19-7-4-12-25-22(19)27(21)14-13-24-20(28)15-16-5-2-1-3-6-16/h4,7-12,16H,1-3,5-6,13-15H2,(H,24,28). The van der Waals surface area contributed by atoms with E-state index < -0.39 is 0 Å². The van der Waals surface area contributed by atoms with Crippen molar-refractivity contribution in [3.8, 4) is 11.4 Å². The van der Waals surface area contributed by atoms with E-state index in [2.05, 4.69) is 15.3 Å². The normalized spacial score (nSPS) is 15.0. The summed E-state index contributed by atoms with van der Waals surface area (Å²) in [7, 11) is 0. The number of carbonyl (C=O) groups is 1. The fourth-order valence-corrected chi connectivity index (χ4v) is 4.02. The summed E-state index contributed by atoms with van der Waals surface area (Å²) in [4.78, 5) is 21.4. The van der Waals surface area contributed by atoms with E-state index in [0.717, 1.165) is 35.4 Å². The first-order valence-electron chi connectivity index (χ1n) is 10.0. The fraction of sp³-hybridized carbons (Fsp3) is 0.409. The van der Waals surface area contributed by atoms with Crippen molar-refractivity contribution in [2.24, 2.45) is 5.92 Å². The molecule has 0 radical (unpaired) electrons. The van der Waals surface area contributed by atoms with Crippen LogP contribution in [0.3, 0.4) is 0 Å². The Morgan fingerprint density at radius 1 is 1.14 bits per heavy atom. The minimum absolute atomic E-state index is 0.118. The summed E-state index contributed by atoms with van der Waals surface area (Å²) in [6.07, 6.45) is 8.46. The molecule has 1 aliphatic rings. The predicted molar refractivity (Wildman–Crippen MR) is 107 cm³/mol. The summed E-state index contributed by atoms with van der Waals surface area (Å²) in [5.74, 6) is 1.10. The highest BCUT2D eigenvalue weighted by molar-refractivity contribution is 5.77. The van der Waals surface area contributed by atoms with E-state index in [1.807, 2.05) is 16.7 Å². The average molecular weight is 380 g/mol. The second-order valence-electron chi connectivity index (χ2n) is 7.50. The Hall–Kier alpha value is -2.76. The number of nitrogens with one attached hydrogen (secondary N) is 1. The van der Waals surface area contributed by atoms with Crippen LogP contribution in [0.4, 0.5) is 4.39 Å². The van der Waals surface area contributed by atoms with Gasteiger partial charge in [-0.25, -0.2) is 14.4 Å². The molecule has 3 aromatic rings. The lowest BCUT2D eigenvalue weighted by atomic mass is 9.87. The number of hydrogen-bond acceptors (Lipinski definition) is 3. The molecule has 2 aromatic heterocycles. The van der Waals surface area contributed by atoms with Crippen molar-refractivity contribution in [2.75, 3.05) is 6.54 Å². The van der Waals surface area contributed by atoms with Crippen molar-refractivity contribution < 1.29 is 9.18 Å². The minimum Gasteiger partial charge on any atom is -0.354 e. The van der Waals surface area contributed by atoms with Gasteiger partial charge in [-0.3, -0.25) is 4.79 Å². The number of pyridine rings is 1. The first kappa shape index (κ1) is 18.6. The van der Waals surface area contributed by atoms with E-state index in [-0.39, 0.29) is 11.7 Å². The minimum atomic E-state index is -0.278. The van der Waals surface area contributed by atoms with E-state index in [4.69, 9.17) is 0 Å². The Morgan fingerprint density at radius 2 is 1.93 bits per heavy atom. The van der Waals surface area contributed by atoms with Crippen LogP contribution in [0.2, 0.25) is 0 Å². The predicted octanol–water partition coefficient (Wildman–Crippen LogP) is 4.32. The molecule has 6 heteroatoms. The number of benzene rings is 1. The van der Waals surface area contributed by atoms with Crippen LogP contribution in [0.15, 0.2) is 42.6 Å². The van der Waals surface area contributed by atoms with Crippen molar-refractivity contribution in [1.29, 1.82) is 0 Å². The molecule has 1 aliphatic carbocycles. The molecule has 1 saturated carbocycles. The number of nitrogens with zero attached hydrogens (tertiary/aromatic N) is 3. The van der Waals surface area contributed by atoms with Crippen LogP contribution in [-0.2, 0) is 11.3 Å². The summed E-state index contributed by atoms with van der Waals surface area (Å²) >= 11 is 0. The lowest BCUT2D eigenvalue weighted by Crippen LogP contribution is -2.29. The average Bonchev–Trinajstić information content (AvgIpc) is 3.08. The molecule has 0 unspecified atom stereocenters. The van der Waals surface area contributed by atoms with E-state index >= 15 is 0 Å². The SMILES string of the molecule is O=C(CC1CCCCC1)NCCn1c(-c2ccc(F)cc2)nc2cccnc21. The molecule has 0 spiro atoms. The number of aromatic nitrogens is 3. The summed E-state index contributed by atoms with van der Waals surface area (Å²) in [6.45, 7) is 1.08. The quantitative estimate of drug-likeness (QED) is 0.693. The zero-order valence-corrected chi connectivity index (χ0v) is 15.9. The van der Waals surface area contributed by atoms with Gasteiger partial charge in [-0.15, -0.1) is 0 Å². The van der Waals surface area contributed by atoms with E-state index in [1.54, 1.807) is 18.3 Å². The third-order valence-corrected chi connectivity index (χ3v) is 5.46. The highest BCUT2D eigenvalue weighted by Crippen LogP contribution is 2.26. The first-order chi connectivity index (χ1) is 13.7. The van der Waals surface area contributed by atoms with Crippen LogP contribution in [0, 0.1) is 11.7 Å². The Balaban J connectivity index is 1.47. The Morgan fingerprint density at radius 3 is 2.71 bits per heavy atom. The summed E-state index contributed by atoms with van der Waals surface area (Å²) in [5.41, 5.74) is 2.38. The van der Waals surface area contributed by atoms with Crippen molar-refractivity contribution in [3.63, 3.8) is 0 Å². The number of carbonyl (C=O) groups excluding carboxylic acids is 1. The van der Waals surface area contributed by atoms with Crippen molar-refractivity contribution in [2.45, 2.75) is 45.1 Å². The third kappa shape index (κ3) is 4.21. The molecule has 28 heavy (non-hydrogen) atoms. The first-order valence-corrected chi connectivity index (χ1v) is 10.0. The third-order valence-electron chi connectivity index (χ3n) is 5.46. The molecule has 0 aliphatic heterocycles. The van der Waals surface area contributed by atoms with Crippen molar-refractivity contribution in [3.05, 3.63) is 48.4 Å². The van der Waals surface area contributed by atoms with Crippen LogP contribution in [0.1, 0.15) is 38.5 Å². The number of hydrogen-bond donors (Lipinski definition) is 1. The van der Waals surface area contributed by atoms with Gasteiger partial charge < -0.3 is 9.88 Å². The van der Waals surface area contributed by atoms with Crippen LogP contribution in [0.5, 0.6) is 0 Å². The molecular weight excluding hydrogens is 355 g/mol. The van der Waals surface area contributed by atoms with Gasteiger partial charge in [0.15, 0.2) is 5.65 Å². The molecule has 4 rings (SSSR count). The maximum atomic E-state index is 13.3. The van der Waals surface area contributed by atoms with Crippen LogP contribution < -0.4 is 5.32 Å². The van der Waals surface area contributed by atoms with Gasteiger partial charge in [0.1, 0.15) is 17.2 Å². The van der Waals surface area contributed by atoms with Gasteiger partial charge in [0.25, 0.3) is 0 Å². The Labute approximate surface area is 164 Å². The van der Waals surface area contributed by atoms with Crippen LogP contribution in [0.25, 0.3) is 22.6 Å². The number of fused-ring (bicyclic) bond motifs is 1.